The van der Waals surface area contributed by atoms with Crippen molar-refractivity contribution in [2.45, 2.75) is 19.8 Å². The molecular formula is C24H25BrN4O2. The topological polar surface area (TPSA) is 67.3 Å². The average Bonchev–Trinajstić information content (AvgIpc) is 2.81. The van der Waals surface area contributed by atoms with Crippen molar-refractivity contribution in [2.24, 2.45) is 5.92 Å². The van der Waals surface area contributed by atoms with Crippen LogP contribution in [0, 0.1) is 12.8 Å². The Hall–Kier alpha value is -2.93. The summed E-state index contributed by atoms with van der Waals surface area (Å²) in [4.78, 5) is 24.0. The first kappa shape index (κ1) is 21.3. The van der Waals surface area contributed by atoms with Crippen LogP contribution < -0.4 is 15.0 Å². The number of benzene rings is 2. The normalized spacial score (nSPS) is 16.1. The van der Waals surface area contributed by atoms with E-state index < -0.39 is 0 Å². The minimum Gasteiger partial charge on any atom is -0.497 e. The van der Waals surface area contributed by atoms with E-state index in [1.807, 2.05) is 55.5 Å². The number of methoxy groups -OCH3 is 1. The lowest BCUT2D eigenvalue weighted by Gasteiger charge is -2.33. The number of rotatable bonds is 5. The number of aromatic nitrogens is 2. The van der Waals surface area contributed by atoms with Crippen molar-refractivity contribution in [1.29, 1.82) is 0 Å². The molecule has 1 saturated heterocycles. The average molecular weight is 481 g/mol. The van der Waals surface area contributed by atoms with E-state index in [1.54, 1.807) is 13.4 Å². The summed E-state index contributed by atoms with van der Waals surface area (Å²) >= 11 is 3.46. The lowest BCUT2D eigenvalue weighted by atomic mass is 9.96. The third-order valence-corrected chi connectivity index (χ3v) is 6.09. The third-order valence-electron chi connectivity index (χ3n) is 5.60. The van der Waals surface area contributed by atoms with Gasteiger partial charge in [-0.15, -0.1) is 0 Å². The van der Waals surface area contributed by atoms with Crippen molar-refractivity contribution in [2.75, 3.05) is 30.4 Å². The number of aryl methyl sites for hydroxylation is 1. The standard InChI is InChI=1S/C24H25BrN4O2/c1-16-12-19(25)7-10-21(16)28-24(30)18-4-3-11-29(14-18)23-13-22(26-15-27-23)17-5-8-20(31-2)9-6-17/h5-10,12-13,15,18H,3-4,11,14H2,1-2H3,(H,28,30). The molecule has 0 saturated carbocycles. The first-order valence-corrected chi connectivity index (χ1v) is 11.1. The molecule has 1 amide bonds. The van der Waals surface area contributed by atoms with Crippen LogP contribution in [0.4, 0.5) is 11.5 Å². The Morgan fingerprint density at radius 1 is 1.16 bits per heavy atom. The number of halogens is 1. The molecule has 1 aliphatic rings. The van der Waals surface area contributed by atoms with E-state index in [0.717, 1.165) is 57.9 Å². The summed E-state index contributed by atoms with van der Waals surface area (Å²) in [6.45, 7) is 3.51. The van der Waals surface area contributed by atoms with Crippen LogP contribution in [0.15, 0.2) is 59.3 Å². The highest BCUT2D eigenvalue weighted by molar-refractivity contribution is 9.10. The molecule has 0 spiro atoms. The molecule has 2 aromatic carbocycles. The van der Waals surface area contributed by atoms with Crippen LogP contribution in [0.25, 0.3) is 11.3 Å². The van der Waals surface area contributed by atoms with Crippen molar-refractivity contribution in [3.8, 4) is 17.0 Å². The third kappa shape index (κ3) is 5.05. The van der Waals surface area contributed by atoms with E-state index in [2.05, 4.69) is 36.1 Å². The van der Waals surface area contributed by atoms with Crippen molar-refractivity contribution < 1.29 is 9.53 Å². The number of carbonyl (C=O) groups is 1. The van der Waals surface area contributed by atoms with Gasteiger partial charge >= 0.3 is 0 Å². The van der Waals surface area contributed by atoms with E-state index in [-0.39, 0.29) is 11.8 Å². The second-order valence-electron chi connectivity index (χ2n) is 7.72. The van der Waals surface area contributed by atoms with Gasteiger partial charge < -0.3 is 15.0 Å². The van der Waals surface area contributed by atoms with Crippen molar-refractivity contribution in [1.82, 2.24) is 9.97 Å². The fourth-order valence-corrected chi connectivity index (χ4v) is 4.32. The van der Waals surface area contributed by atoms with E-state index >= 15 is 0 Å². The maximum Gasteiger partial charge on any atom is 0.229 e. The lowest BCUT2D eigenvalue weighted by Crippen LogP contribution is -2.41. The highest BCUT2D eigenvalue weighted by Gasteiger charge is 2.27. The number of piperidine rings is 1. The Morgan fingerprint density at radius 2 is 1.97 bits per heavy atom. The summed E-state index contributed by atoms with van der Waals surface area (Å²) in [7, 11) is 1.65. The van der Waals surface area contributed by atoms with E-state index in [4.69, 9.17) is 4.74 Å². The van der Waals surface area contributed by atoms with Crippen LogP contribution in [-0.4, -0.2) is 36.1 Å². The fourth-order valence-electron chi connectivity index (χ4n) is 3.84. The second-order valence-corrected chi connectivity index (χ2v) is 8.64. The number of hydrogen-bond acceptors (Lipinski definition) is 5. The quantitative estimate of drug-likeness (QED) is 0.551. The van der Waals surface area contributed by atoms with Gasteiger partial charge in [-0.1, -0.05) is 15.9 Å². The molecule has 0 aliphatic carbocycles. The van der Waals surface area contributed by atoms with Crippen LogP contribution >= 0.6 is 15.9 Å². The summed E-state index contributed by atoms with van der Waals surface area (Å²) < 4.78 is 6.24. The Labute approximate surface area is 190 Å². The zero-order valence-corrected chi connectivity index (χ0v) is 19.2. The Bertz CT molecular complexity index is 1070. The SMILES string of the molecule is COc1ccc(-c2cc(N3CCCC(C(=O)Nc4ccc(Br)cc4C)C3)ncn2)cc1. The minimum absolute atomic E-state index is 0.0551. The van der Waals surface area contributed by atoms with Crippen molar-refractivity contribution in [3.05, 3.63) is 64.9 Å². The number of carbonyl (C=O) groups excluding carboxylic acids is 1. The molecule has 1 atom stereocenters. The van der Waals surface area contributed by atoms with E-state index in [1.165, 1.54) is 0 Å². The van der Waals surface area contributed by atoms with E-state index in [0.29, 0.717) is 6.54 Å². The minimum atomic E-state index is -0.0869. The number of hydrogen-bond donors (Lipinski definition) is 1. The molecule has 1 N–H and O–H groups in total. The van der Waals surface area contributed by atoms with Crippen LogP contribution in [0.5, 0.6) is 5.75 Å². The first-order valence-electron chi connectivity index (χ1n) is 10.3. The Morgan fingerprint density at radius 3 is 2.71 bits per heavy atom. The molecule has 31 heavy (non-hydrogen) atoms. The van der Waals surface area contributed by atoms with Gasteiger partial charge in [-0.05, 0) is 67.8 Å². The molecule has 3 aromatic rings. The molecule has 4 rings (SSSR count). The predicted octanol–water partition coefficient (Wildman–Crippen LogP) is 5.08. The van der Waals surface area contributed by atoms with Crippen LogP contribution in [-0.2, 0) is 4.79 Å². The zero-order chi connectivity index (χ0) is 21.8. The lowest BCUT2D eigenvalue weighted by molar-refractivity contribution is -0.120. The molecule has 160 valence electrons. The fraction of sp³-hybridized carbons (Fsp3) is 0.292. The molecule has 0 radical (unpaired) electrons. The van der Waals surface area contributed by atoms with Gasteiger partial charge in [0.2, 0.25) is 5.91 Å². The van der Waals surface area contributed by atoms with Crippen molar-refractivity contribution >= 4 is 33.3 Å². The van der Waals surface area contributed by atoms with Crippen LogP contribution in [0.1, 0.15) is 18.4 Å². The second kappa shape index (κ2) is 9.47. The van der Waals surface area contributed by atoms with Gasteiger partial charge in [0, 0.05) is 34.9 Å². The molecule has 7 heteroatoms. The van der Waals surface area contributed by atoms with Crippen LogP contribution in [0.3, 0.4) is 0 Å². The monoisotopic (exact) mass is 480 g/mol. The zero-order valence-electron chi connectivity index (χ0n) is 17.6. The molecule has 6 nitrogen and oxygen atoms in total. The smallest absolute Gasteiger partial charge is 0.229 e. The van der Waals surface area contributed by atoms with E-state index in [9.17, 15) is 4.79 Å². The number of nitrogens with zero attached hydrogens (tertiary/aromatic N) is 3. The molecule has 0 bridgehead atoms. The number of ether oxygens (including phenoxy) is 1. The first-order chi connectivity index (χ1) is 15.0. The summed E-state index contributed by atoms with van der Waals surface area (Å²) in [6, 6.07) is 15.7. The van der Waals surface area contributed by atoms with Crippen molar-refractivity contribution in [3.63, 3.8) is 0 Å². The number of amides is 1. The highest BCUT2D eigenvalue weighted by Crippen LogP contribution is 2.27. The maximum absolute atomic E-state index is 12.9. The Balaban J connectivity index is 1.47. The van der Waals surface area contributed by atoms with Gasteiger partial charge in [0.25, 0.3) is 0 Å². The maximum atomic E-state index is 12.9. The molecular weight excluding hydrogens is 456 g/mol. The van der Waals surface area contributed by atoms with Gasteiger partial charge in [0.1, 0.15) is 17.9 Å². The van der Waals surface area contributed by atoms with Gasteiger partial charge in [-0.3, -0.25) is 4.79 Å². The molecule has 1 aromatic heterocycles. The molecule has 1 fully saturated rings. The number of nitrogens with one attached hydrogen (secondary N) is 1. The summed E-state index contributed by atoms with van der Waals surface area (Å²) in [6.07, 6.45) is 3.40. The molecule has 2 heterocycles. The Kier molecular flexibility index (Phi) is 6.51. The summed E-state index contributed by atoms with van der Waals surface area (Å²) in [5.74, 6) is 1.62. The summed E-state index contributed by atoms with van der Waals surface area (Å²) in [5.41, 5.74) is 3.75. The largest absolute Gasteiger partial charge is 0.497 e. The predicted molar refractivity (Wildman–Crippen MR) is 126 cm³/mol. The summed E-state index contributed by atoms with van der Waals surface area (Å²) in [5, 5.41) is 3.10. The number of anilines is 2. The highest BCUT2D eigenvalue weighted by atomic mass is 79.9. The van der Waals surface area contributed by atoms with Gasteiger partial charge in [0.05, 0.1) is 18.7 Å². The van der Waals surface area contributed by atoms with Gasteiger partial charge in [0.15, 0.2) is 0 Å². The molecule has 1 unspecified atom stereocenters. The van der Waals surface area contributed by atoms with Gasteiger partial charge in [-0.2, -0.15) is 0 Å². The van der Waals surface area contributed by atoms with Crippen LogP contribution in [0.2, 0.25) is 0 Å². The van der Waals surface area contributed by atoms with Gasteiger partial charge in [-0.25, -0.2) is 9.97 Å². The molecule has 1 aliphatic heterocycles.